The first-order chi connectivity index (χ1) is 8.41. The summed E-state index contributed by atoms with van der Waals surface area (Å²) in [4.78, 5) is 0. The minimum Gasteiger partial charge on any atom is -0.506 e. The van der Waals surface area contributed by atoms with Gasteiger partial charge in [0.25, 0.3) is 0 Å². The van der Waals surface area contributed by atoms with Gasteiger partial charge in [0.05, 0.1) is 11.1 Å². The number of aliphatic hydroxyl groups excluding tert-OH is 1. The lowest BCUT2D eigenvalue weighted by Gasteiger charge is -2.15. The fourth-order valence-corrected chi connectivity index (χ4v) is 2.10. The number of nitrogens with one attached hydrogen (secondary N) is 1. The lowest BCUT2D eigenvalue weighted by Crippen LogP contribution is -2.23. The summed E-state index contributed by atoms with van der Waals surface area (Å²) in [6.45, 7) is 5.10. The van der Waals surface area contributed by atoms with E-state index in [-0.39, 0.29) is 22.8 Å². The average Bonchev–Trinajstić information content (AvgIpc) is 2.29. The Kier molecular flexibility index (Phi) is 6.22. The zero-order valence-corrected chi connectivity index (χ0v) is 12.1. The van der Waals surface area contributed by atoms with E-state index in [0.29, 0.717) is 30.1 Å². The number of aliphatic hydroxyl groups is 1. The minimum absolute atomic E-state index is 0.0537. The predicted molar refractivity (Wildman–Crippen MR) is 75.3 cm³/mol. The maximum atomic E-state index is 9.74. The van der Waals surface area contributed by atoms with Gasteiger partial charge >= 0.3 is 0 Å². The van der Waals surface area contributed by atoms with Crippen molar-refractivity contribution in [2.24, 2.45) is 5.92 Å². The Labute approximate surface area is 118 Å². The van der Waals surface area contributed by atoms with E-state index in [4.69, 9.17) is 23.2 Å². The Morgan fingerprint density at radius 3 is 2.56 bits per heavy atom. The first kappa shape index (κ1) is 15.6. The van der Waals surface area contributed by atoms with Gasteiger partial charge in [-0.15, -0.1) is 0 Å². The van der Waals surface area contributed by atoms with E-state index in [1.54, 1.807) is 6.07 Å². The van der Waals surface area contributed by atoms with Crippen LogP contribution in [0.15, 0.2) is 12.1 Å². The number of benzene rings is 1. The van der Waals surface area contributed by atoms with Crippen LogP contribution in [0.2, 0.25) is 10.0 Å². The van der Waals surface area contributed by atoms with E-state index in [9.17, 15) is 10.2 Å². The van der Waals surface area contributed by atoms with Gasteiger partial charge in [-0.05, 0) is 31.0 Å². The van der Waals surface area contributed by atoms with Crippen molar-refractivity contribution in [2.45, 2.75) is 32.9 Å². The van der Waals surface area contributed by atoms with Gasteiger partial charge in [-0.1, -0.05) is 37.0 Å². The van der Waals surface area contributed by atoms with Crippen LogP contribution in [0.5, 0.6) is 5.75 Å². The highest BCUT2D eigenvalue weighted by Crippen LogP contribution is 2.30. The van der Waals surface area contributed by atoms with E-state index >= 15 is 0 Å². The molecule has 0 bridgehead atoms. The molecule has 0 aromatic heterocycles. The summed E-state index contributed by atoms with van der Waals surface area (Å²) in [5.41, 5.74) is 0.659. The SMILES string of the molecule is CC(C)C(O)CCNCc1cc(Cl)cc(Cl)c1O. The number of aromatic hydroxyl groups is 1. The topological polar surface area (TPSA) is 52.5 Å². The fourth-order valence-electron chi connectivity index (χ4n) is 1.56. The molecular formula is C13H19Cl2NO2. The Morgan fingerprint density at radius 1 is 1.28 bits per heavy atom. The summed E-state index contributed by atoms with van der Waals surface area (Å²) in [5.74, 6) is 0.304. The van der Waals surface area contributed by atoms with E-state index < -0.39 is 0 Å². The molecule has 1 aromatic carbocycles. The van der Waals surface area contributed by atoms with Gasteiger partial charge in [-0.3, -0.25) is 0 Å². The number of halogens is 2. The fraction of sp³-hybridized carbons (Fsp3) is 0.538. The molecule has 18 heavy (non-hydrogen) atoms. The van der Waals surface area contributed by atoms with Gasteiger partial charge in [0.1, 0.15) is 5.75 Å². The first-order valence-corrected chi connectivity index (χ1v) is 6.73. The van der Waals surface area contributed by atoms with Crippen molar-refractivity contribution in [3.8, 4) is 5.75 Å². The van der Waals surface area contributed by atoms with Gasteiger partial charge < -0.3 is 15.5 Å². The van der Waals surface area contributed by atoms with Gasteiger partial charge in [0.15, 0.2) is 0 Å². The van der Waals surface area contributed by atoms with Gasteiger partial charge in [-0.25, -0.2) is 0 Å². The molecule has 1 unspecified atom stereocenters. The predicted octanol–water partition coefficient (Wildman–Crippen LogP) is 3.20. The lowest BCUT2D eigenvalue weighted by atomic mass is 10.0. The molecule has 1 atom stereocenters. The normalized spacial score (nSPS) is 13.0. The van der Waals surface area contributed by atoms with E-state index in [2.05, 4.69) is 5.32 Å². The van der Waals surface area contributed by atoms with Crippen molar-refractivity contribution in [2.75, 3.05) is 6.54 Å². The summed E-state index contributed by atoms with van der Waals surface area (Å²) < 4.78 is 0. The number of phenols is 1. The molecule has 0 saturated carbocycles. The van der Waals surface area contributed by atoms with Crippen LogP contribution in [0.25, 0.3) is 0 Å². The average molecular weight is 292 g/mol. The third-order valence-electron chi connectivity index (χ3n) is 2.81. The summed E-state index contributed by atoms with van der Waals surface area (Å²) in [7, 11) is 0. The van der Waals surface area contributed by atoms with Crippen LogP contribution in [0.4, 0.5) is 0 Å². The lowest BCUT2D eigenvalue weighted by molar-refractivity contribution is 0.116. The summed E-state index contributed by atoms with van der Waals surface area (Å²) in [6, 6.07) is 3.18. The number of hydrogen-bond acceptors (Lipinski definition) is 3. The van der Waals surface area contributed by atoms with Crippen LogP contribution < -0.4 is 5.32 Å². The van der Waals surface area contributed by atoms with Crippen LogP contribution in [0, 0.1) is 5.92 Å². The maximum absolute atomic E-state index is 9.74. The second-order valence-electron chi connectivity index (χ2n) is 4.67. The van der Waals surface area contributed by atoms with Gasteiger partial charge in [-0.2, -0.15) is 0 Å². The quantitative estimate of drug-likeness (QED) is 0.706. The Hall–Kier alpha value is -0.480. The van der Waals surface area contributed by atoms with Crippen molar-refractivity contribution in [3.63, 3.8) is 0 Å². The van der Waals surface area contributed by atoms with Gasteiger partial charge in [0.2, 0.25) is 0 Å². The third-order valence-corrected chi connectivity index (χ3v) is 3.32. The molecule has 0 amide bonds. The highest BCUT2D eigenvalue weighted by molar-refractivity contribution is 6.35. The molecule has 0 aliphatic heterocycles. The molecule has 102 valence electrons. The summed E-state index contributed by atoms with van der Waals surface area (Å²) in [6.07, 6.45) is 0.362. The zero-order valence-electron chi connectivity index (χ0n) is 10.6. The van der Waals surface area contributed by atoms with Crippen LogP contribution in [0.3, 0.4) is 0 Å². The Bertz CT molecular complexity index is 397. The highest BCUT2D eigenvalue weighted by atomic mass is 35.5. The molecular weight excluding hydrogens is 273 g/mol. The van der Waals surface area contributed by atoms with Crippen LogP contribution >= 0.6 is 23.2 Å². The molecule has 0 saturated heterocycles. The first-order valence-electron chi connectivity index (χ1n) is 5.97. The van der Waals surface area contributed by atoms with E-state index in [1.165, 1.54) is 6.07 Å². The molecule has 5 heteroatoms. The van der Waals surface area contributed by atoms with Crippen molar-refractivity contribution in [3.05, 3.63) is 27.7 Å². The molecule has 0 aliphatic carbocycles. The van der Waals surface area contributed by atoms with Gasteiger partial charge in [0, 0.05) is 17.1 Å². The highest BCUT2D eigenvalue weighted by Gasteiger charge is 2.10. The van der Waals surface area contributed by atoms with Crippen molar-refractivity contribution >= 4 is 23.2 Å². The van der Waals surface area contributed by atoms with E-state index in [0.717, 1.165) is 0 Å². The number of hydrogen-bond donors (Lipinski definition) is 3. The molecule has 0 radical (unpaired) electrons. The second kappa shape index (κ2) is 7.19. The molecule has 1 aromatic rings. The smallest absolute Gasteiger partial charge is 0.138 e. The van der Waals surface area contributed by atoms with Crippen LogP contribution in [-0.2, 0) is 6.54 Å². The minimum atomic E-state index is -0.311. The molecule has 0 aliphatic rings. The van der Waals surface area contributed by atoms with Crippen molar-refractivity contribution in [1.82, 2.24) is 5.32 Å². The van der Waals surface area contributed by atoms with Crippen molar-refractivity contribution < 1.29 is 10.2 Å². The van der Waals surface area contributed by atoms with Crippen LogP contribution in [-0.4, -0.2) is 22.9 Å². The van der Waals surface area contributed by atoms with E-state index in [1.807, 2.05) is 13.8 Å². The number of phenolic OH excluding ortho intramolecular Hbond substituents is 1. The molecule has 0 spiro atoms. The molecule has 0 fully saturated rings. The molecule has 3 N–H and O–H groups in total. The third kappa shape index (κ3) is 4.65. The Morgan fingerprint density at radius 2 is 1.94 bits per heavy atom. The number of rotatable bonds is 6. The molecule has 3 nitrogen and oxygen atoms in total. The standard InChI is InChI=1S/C13H19Cl2NO2/c1-8(2)12(17)3-4-16-7-9-5-10(14)6-11(15)13(9)18/h5-6,8,12,16-18H,3-4,7H2,1-2H3. The summed E-state index contributed by atoms with van der Waals surface area (Å²) >= 11 is 11.7. The second-order valence-corrected chi connectivity index (χ2v) is 5.52. The molecule has 0 heterocycles. The Balaban J connectivity index is 2.45. The molecule has 1 rings (SSSR count). The summed E-state index contributed by atoms with van der Waals surface area (Å²) in [5, 5.41) is 23.3. The van der Waals surface area contributed by atoms with Crippen molar-refractivity contribution in [1.29, 1.82) is 0 Å². The largest absolute Gasteiger partial charge is 0.506 e. The monoisotopic (exact) mass is 291 g/mol. The zero-order chi connectivity index (χ0) is 13.7. The maximum Gasteiger partial charge on any atom is 0.138 e. The van der Waals surface area contributed by atoms with Crippen LogP contribution in [0.1, 0.15) is 25.8 Å².